The van der Waals surface area contributed by atoms with Crippen molar-refractivity contribution in [2.45, 2.75) is 24.4 Å². The van der Waals surface area contributed by atoms with E-state index in [9.17, 15) is 8.78 Å². The molecule has 1 fully saturated rings. The van der Waals surface area contributed by atoms with E-state index in [-0.39, 0.29) is 18.5 Å². The van der Waals surface area contributed by atoms with Gasteiger partial charge in [0.15, 0.2) is 0 Å². The van der Waals surface area contributed by atoms with Gasteiger partial charge in [0.25, 0.3) is 0 Å². The summed E-state index contributed by atoms with van der Waals surface area (Å²) in [6.07, 6.45) is 2.75. The summed E-state index contributed by atoms with van der Waals surface area (Å²) in [4.78, 5) is 13.3. The predicted octanol–water partition coefficient (Wildman–Crippen LogP) is 4.22. The molecule has 1 aliphatic rings. The number of alkyl halides is 1. The van der Waals surface area contributed by atoms with Gasteiger partial charge in [0.2, 0.25) is 5.95 Å². The summed E-state index contributed by atoms with van der Waals surface area (Å²) in [6, 6.07) is 12.7. The molecule has 0 amide bonds. The van der Waals surface area contributed by atoms with E-state index in [0.29, 0.717) is 31.5 Å². The highest BCUT2D eigenvalue weighted by Gasteiger charge is 2.48. The number of anilines is 2. The lowest BCUT2D eigenvalue weighted by Crippen LogP contribution is -2.49. The van der Waals surface area contributed by atoms with Crippen molar-refractivity contribution in [1.82, 2.24) is 15.0 Å². The zero-order valence-corrected chi connectivity index (χ0v) is 17.3. The van der Waals surface area contributed by atoms with Crippen LogP contribution in [0.2, 0.25) is 0 Å². The van der Waals surface area contributed by atoms with Crippen LogP contribution in [0.25, 0.3) is 11.1 Å². The number of methoxy groups -OCH3 is 1. The van der Waals surface area contributed by atoms with Gasteiger partial charge in [-0.15, -0.1) is 0 Å². The van der Waals surface area contributed by atoms with Crippen molar-refractivity contribution in [2.24, 2.45) is 0 Å². The molecule has 4 rings (SSSR count). The number of nitrogens with one attached hydrogen (secondary N) is 2. The number of nitrogens with zero attached hydrogens (tertiary/aromatic N) is 3. The topological polar surface area (TPSA) is 72.0 Å². The molecule has 0 spiro atoms. The van der Waals surface area contributed by atoms with Crippen LogP contribution in [0.5, 0.6) is 0 Å². The van der Waals surface area contributed by atoms with E-state index in [4.69, 9.17) is 4.74 Å². The molecule has 0 aliphatic heterocycles. The summed E-state index contributed by atoms with van der Waals surface area (Å²) in [6.45, 7) is 1.41. The second kappa shape index (κ2) is 9.34. The highest BCUT2D eigenvalue weighted by molar-refractivity contribution is 5.75. The smallest absolute Gasteiger partial charge is 0.224 e. The van der Waals surface area contributed by atoms with E-state index in [2.05, 4.69) is 25.6 Å². The van der Waals surface area contributed by atoms with Crippen LogP contribution in [-0.2, 0) is 10.2 Å². The fourth-order valence-electron chi connectivity index (χ4n) is 3.94. The minimum absolute atomic E-state index is 0.217. The van der Waals surface area contributed by atoms with Crippen molar-refractivity contribution in [3.63, 3.8) is 0 Å². The largest absolute Gasteiger partial charge is 0.383 e. The van der Waals surface area contributed by atoms with Gasteiger partial charge in [0.1, 0.15) is 17.8 Å². The first-order chi connectivity index (χ1) is 15.1. The summed E-state index contributed by atoms with van der Waals surface area (Å²) in [5.41, 5.74) is 1.42. The molecule has 1 aromatic carbocycles. The third kappa shape index (κ3) is 4.64. The second-order valence-electron chi connectivity index (χ2n) is 7.71. The Bertz CT molecular complexity index is 1010. The van der Waals surface area contributed by atoms with Gasteiger partial charge in [-0.25, -0.2) is 13.8 Å². The highest BCUT2D eigenvalue weighted by Crippen LogP contribution is 2.45. The van der Waals surface area contributed by atoms with E-state index < -0.39 is 17.4 Å². The third-order valence-corrected chi connectivity index (χ3v) is 5.54. The molecule has 0 unspecified atom stereocenters. The van der Waals surface area contributed by atoms with Crippen LogP contribution in [0.15, 0.2) is 54.9 Å². The number of pyridine rings is 1. The van der Waals surface area contributed by atoms with Crippen molar-refractivity contribution in [3.05, 3.63) is 66.4 Å². The highest BCUT2D eigenvalue weighted by atomic mass is 19.1. The molecule has 2 heterocycles. The van der Waals surface area contributed by atoms with E-state index in [1.807, 2.05) is 30.3 Å². The fourth-order valence-corrected chi connectivity index (χ4v) is 3.94. The molecule has 6 nitrogen and oxygen atoms in total. The Labute approximate surface area is 180 Å². The number of benzene rings is 1. The van der Waals surface area contributed by atoms with Crippen LogP contribution in [0, 0.1) is 5.82 Å². The van der Waals surface area contributed by atoms with Crippen molar-refractivity contribution in [1.29, 1.82) is 0 Å². The average molecular weight is 425 g/mol. The normalized spacial score (nSPS) is 20.2. The lowest BCUT2D eigenvalue weighted by atomic mass is 9.65. The zero-order chi connectivity index (χ0) is 21.7. The number of aromatic nitrogens is 3. The Kier molecular flexibility index (Phi) is 6.36. The van der Waals surface area contributed by atoms with Crippen molar-refractivity contribution in [3.8, 4) is 11.1 Å². The number of ether oxygens (including phenoxy) is 1. The van der Waals surface area contributed by atoms with Crippen LogP contribution in [0.4, 0.5) is 20.5 Å². The first kappa shape index (κ1) is 21.1. The number of rotatable bonds is 9. The molecule has 3 aromatic rings. The van der Waals surface area contributed by atoms with Gasteiger partial charge in [-0.2, -0.15) is 4.98 Å². The summed E-state index contributed by atoms with van der Waals surface area (Å²) in [5.74, 6) is 0.631. The van der Waals surface area contributed by atoms with Gasteiger partial charge in [-0.1, -0.05) is 30.3 Å². The molecule has 8 heteroatoms. The molecular formula is C23H25F2N5O. The summed E-state index contributed by atoms with van der Waals surface area (Å²) in [7, 11) is 1.64. The van der Waals surface area contributed by atoms with E-state index >= 15 is 0 Å². The fraction of sp³-hybridized carbons (Fsp3) is 0.348. The molecule has 1 aliphatic carbocycles. The molecule has 0 saturated heterocycles. The summed E-state index contributed by atoms with van der Waals surface area (Å²) < 4.78 is 33.3. The Morgan fingerprint density at radius 1 is 1.10 bits per heavy atom. The Hall–Kier alpha value is -3.13. The molecule has 31 heavy (non-hydrogen) atoms. The van der Waals surface area contributed by atoms with Gasteiger partial charge < -0.3 is 15.4 Å². The van der Waals surface area contributed by atoms with Gasteiger partial charge in [-0.3, -0.25) is 4.98 Å². The minimum Gasteiger partial charge on any atom is -0.383 e. The average Bonchev–Trinajstić information content (AvgIpc) is 2.77. The number of hydrogen-bond acceptors (Lipinski definition) is 6. The summed E-state index contributed by atoms with van der Waals surface area (Å²) >= 11 is 0. The lowest BCUT2D eigenvalue weighted by molar-refractivity contribution is 0.0963. The zero-order valence-electron chi connectivity index (χ0n) is 17.3. The van der Waals surface area contributed by atoms with Gasteiger partial charge >= 0.3 is 0 Å². The van der Waals surface area contributed by atoms with Gasteiger partial charge in [0.05, 0.1) is 12.3 Å². The molecular weight excluding hydrogens is 400 g/mol. The molecule has 2 aromatic heterocycles. The third-order valence-electron chi connectivity index (χ3n) is 5.54. The summed E-state index contributed by atoms with van der Waals surface area (Å²) in [5, 5.41) is 6.45. The maximum Gasteiger partial charge on any atom is 0.224 e. The van der Waals surface area contributed by atoms with E-state index in [0.717, 1.165) is 11.1 Å². The quantitative estimate of drug-likeness (QED) is 0.500. The van der Waals surface area contributed by atoms with E-state index in [1.165, 1.54) is 18.3 Å². The Morgan fingerprint density at radius 2 is 1.90 bits per heavy atom. The maximum atomic E-state index is 14.4. The number of hydrogen-bond donors (Lipinski definition) is 2. The standard InChI is InChI=1S/C23H25F2N5O/c1-31-11-10-27-21-18(16-6-3-2-4-7-16)14-28-22(30-21)29-15-23(12-17(24)13-23)20-19(25)8-5-9-26-20/h2-9,14,17H,10-13,15H2,1H3,(H2,27,28,29,30). The molecule has 0 bridgehead atoms. The van der Waals surface area contributed by atoms with Crippen LogP contribution in [0.3, 0.4) is 0 Å². The predicted molar refractivity (Wildman–Crippen MR) is 116 cm³/mol. The molecule has 0 atom stereocenters. The van der Waals surface area contributed by atoms with Crippen LogP contribution >= 0.6 is 0 Å². The minimum atomic E-state index is -0.962. The van der Waals surface area contributed by atoms with Gasteiger partial charge in [0, 0.05) is 43.6 Å². The molecule has 0 radical (unpaired) electrons. The number of halogens is 2. The van der Waals surface area contributed by atoms with Gasteiger partial charge in [-0.05, 0) is 30.5 Å². The van der Waals surface area contributed by atoms with Crippen LogP contribution in [0.1, 0.15) is 18.5 Å². The van der Waals surface area contributed by atoms with Crippen molar-refractivity contribution in [2.75, 3.05) is 37.4 Å². The molecule has 2 N–H and O–H groups in total. The first-order valence-corrected chi connectivity index (χ1v) is 10.3. The van der Waals surface area contributed by atoms with Crippen LogP contribution < -0.4 is 10.6 Å². The van der Waals surface area contributed by atoms with Crippen molar-refractivity contribution < 1.29 is 13.5 Å². The lowest BCUT2D eigenvalue weighted by Gasteiger charge is -2.43. The first-order valence-electron chi connectivity index (χ1n) is 10.3. The SMILES string of the molecule is COCCNc1nc(NCC2(c3ncccc3F)CC(F)C2)ncc1-c1ccccc1. The Morgan fingerprint density at radius 3 is 2.61 bits per heavy atom. The second-order valence-corrected chi connectivity index (χ2v) is 7.71. The Balaban J connectivity index is 1.56. The van der Waals surface area contributed by atoms with Crippen molar-refractivity contribution >= 4 is 11.8 Å². The maximum absolute atomic E-state index is 14.4. The monoisotopic (exact) mass is 425 g/mol. The van der Waals surface area contributed by atoms with E-state index in [1.54, 1.807) is 13.3 Å². The molecule has 162 valence electrons. The molecule has 1 saturated carbocycles. The van der Waals surface area contributed by atoms with Crippen LogP contribution in [-0.4, -0.2) is 47.9 Å².